The van der Waals surface area contributed by atoms with Gasteiger partial charge in [-0.1, -0.05) is 41.4 Å². The summed E-state index contributed by atoms with van der Waals surface area (Å²) in [4.78, 5) is 29.4. The summed E-state index contributed by atoms with van der Waals surface area (Å²) in [6.07, 6.45) is -1.01. The number of esters is 1. The van der Waals surface area contributed by atoms with Gasteiger partial charge in [-0.05, 0) is 44.2 Å². The van der Waals surface area contributed by atoms with Crippen molar-refractivity contribution in [2.75, 3.05) is 5.32 Å². The van der Waals surface area contributed by atoms with Gasteiger partial charge in [0.1, 0.15) is 0 Å². The molecular formula is C20H16Cl2N2O3. The van der Waals surface area contributed by atoms with Crippen molar-refractivity contribution in [3.05, 3.63) is 69.8 Å². The Morgan fingerprint density at radius 1 is 1.07 bits per heavy atom. The van der Waals surface area contributed by atoms with E-state index in [9.17, 15) is 9.59 Å². The first-order chi connectivity index (χ1) is 12.8. The molecule has 0 saturated carbocycles. The molecule has 3 rings (SSSR count). The van der Waals surface area contributed by atoms with Gasteiger partial charge in [0.2, 0.25) is 0 Å². The molecule has 0 aliphatic rings. The number of ether oxygens (including phenoxy) is 1. The number of nitrogens with one attached hydrogen (secondary N) is 1. The minimum absolute atomic E-state index is 0.364. The number of benzene rings is 2. The largest absolute Gasteiger partial charge is 0.449 e. The van der Waals surface area contributed by atoms with Gasteiger partial charge in [0.25, 0.3) is 5.91 Å². The third kappa shape index (κ3) is 4.56. The Morgan fingerprint density at radius 3 is 2.44 bits per heavy atom. The van der Waals surface area contributed by atoms with Crippen molar-refractivity contribution >= 4 is 51.7 Å². The number of aryl methyl sites for hydroxylation is 1. The molecule has 0 radical (unpaired) electrons. The number of halogens is 2. The summed E-state index contributed by atoms with van der Waals surface area (Å²) in [5.74, 6) is -1.08. The predicted molar refractivity (Wildman–Crippen MR) is 106 cm³/mol. The lowest BCUT2D eigenvalue weighted by molar-refractivity contribution is -0.123. The van der Waals surface area contributed by atoms with Crippen LogP contribution in [-0.4, -0.2) is 23.0 Å². The summed E-state index contributed by atoms with van der Waals surface area (Å²) in [5.41, 5.74) is 2.16. The number of hydrogen-bond acceptors (Lipinski definition) is 4. The third-order valence-electron chi connectivity index (χ3n) is 3.85. The van der Waals surface area contributed by atoms with Gasteiger partial charge in [0.05, 0.1) is 11.1 Å². The summed E-state index contributed by atoms with van der Waals surface area (Å²) in [7, 11) is 0. The fourth-order valence-corrected chi connectivity index (χ4v) is 3.15. The highest BCUT2D eigenvalue weighted by molar-refractivity contribution is 6.35. The Bertz CT molecular complexity index is 1020. The highest BCUT2D eigenvalue weighted by Gasteiger charge is 2.21. The van der Waals surface area contributed by atoms with Crippen molar-refractivity contribution in [3.63, 3.8) is 0 Å². The molecule has 0 saturated heterocycles. The van der Waals surface area contributed by atoms with Crippen LogP contribution in [0.1, 0.15) is 23.0 Å². The Morgan fingerprint density at radius 2 is 1.74 bits per heavy atom. The first-order valence-electron chi connectivity index (χ1n) is 8.18. The second kappa shape index (κ2) is 7.94. The molecule has 7 heteroatoms. The molecule has 3 aromatic rings. The van der Waals surface area contributed by atoms with Gasteiger partial charge in [-0.3, -0.25) is 9.78 Å². The van der Waals surface area contributed by atoms with E-state index in [0.29, 0.717) is 37.9 Å². The van der Waals surface area contributed by atoms with Crippen LogP contribution >= 0.6 is 23.2 Å². The smallest absolute Gasteiger partial charge is 0.339 e. The quantitative estimate of drug-likeness (QED) is 0.621. The number of anilines is 1. The van der Waals surface area contributed by atoms with Crippen LogP contribution in [0.2, 0.25) is 10.0 Å². The van der Waals surface area contributed by atoms with Crippen molar-refractivity contribution in [1.29, 1.82) is 0 Å². The van der Waals surface area contributed by atoms with Crippen molar-refractivity contribution in [2.24, 2.45) is 0 Å². The number of aromatic nitrogens is 1. The number of pyridine rings is 1. The van der Waals surface area contributed by atoms with E-state index >= 15 is 0 Å². The van der Waals surface area contributed by atoms with Gasteiger partial charge in [0.15, 0.2) is 6.10 Å². The van der Waals surface area contributed by atoms with E-state index in [4.69, 9.17) is 27.9 Å². The van der Waals surface area contributed by atoms with E-state index in [2.05, 4.69) is 10.3 Å². The lowest BCUT2D eigenvalue weighted by Crippen LogP contribution is -2.30. The van der Waals surface area contributed by atoms with Crippen LogP contribution in [0.5, 0.6) is 0 Å². The van der Waals surface area contributed by atoms with Crippen LogP contribution in [0.25, 0.3) is 10.9 Å². The van der Waals surface area contributed by atoms with E-state index < -0.39 is 18.0 Å². The molecule has 1 atom stereocenters. The molecule has 0 aliphatic carbocycles. The standard InChI is InChI=1S/C20H16Cl2N2O3/c1-11-7-17(16-5-3-4-6-18(16)23-11)20(26)27-12(2)19(25)24-15-9-13(21)8-14(22)10-15/h3-10,12H,1-2H3,(H,24,25)/t12-/m1/s1. The van der Waals surface area contributed by atoms with Crippen LogP contribution in [-0.2, 0) is 9.53 Å². The fourth-order valence-electron chi connectivity index (χ4n) is 2.62. The maximum absolute atomic E-state index is 12.6. The van der Waals surface area contributed by atoms with Gasteiger partial charge in [-0.15, -0.1) is 0 Å². The summed E-state index contributed by atoms with van der Waals surface area (Å²) in [6, 6.07) is 13.6. The molecule has 1 heterocycles. The van der Waals surface area contributed by atoms with Crippen LogP contribution in [0.3, 0.4) is 0 Å². The first kappa shape index (κ1) is 19.1. The highest BCUT2D eigenvalue weighted by Crippen LogP contribution is 2.23. The minimum Gasteiger partial charge on any atom is -0.449 e. The number of hydrogen-bond donors (Lipinski definition) is 1. The zero-order valence-corrected chi connectivity index (χ0v) is 16.1. The number of fused-ring (bicyclic) bond motifs is 1. The zero-order valence-electron chi connectivity index (χ0n) is 14.6. The van der Waals surface area contributed by atoms with E-state index in [1.165, 1.54) is 6.92 Å². The molecular weight excluding hydrogens is 387 g/mol. The van der Waals surface area contributed by atoms with E-state index in [-0.39, 0.29) is 0 Å². The van der Waals surface area contributed by atoms with Gasteiger partial charge in [-0.2, -0.15) is 0 Å². The van der Waals surface area contributed by atoms with Crippen LogP contribution in [0.15, 0.2) is 48.5 Å². The number of nitrogens with zero attached hydrogens (tertiary/aromatic N) is 1. The average Bonchev–Trinajstić information content (AvgIpc) is 2.59. The third-order valence-corrected chi connectivity index (χ3v) is 4.28. The predicted octanol–water partition coefficient (Wildman–Crippen LogP) is 5.03. The Labute approximate surface area is 166 Å². The minimum atomic E-state index is -1.01. The molecule has 0 aliphatic heterocycles. The lowest BCUT2D eigenvalue weighted by Gasteiger charge is -2.15. The van der Waals surface area contributed by atoms with E-state index in [1.54, 1.807) is 37.3 Å². The van der Waals surface area contributed by atoms with E-state index in [0.717, 1.165) is 0 Å². The van der Waals surface area contributed by atoms with Gasteiger partial charge in [0, 0.05) is 26.8 Å². The number of carbonyl (C=O) groups is 2. The number of amides is 1. The molecule has 27 heavy (non-hydrogen) atoms. The lowest BCUT2D eigenvalue weighted by atomic mass is 10.1. The first-order valence-corrected chi connectivity index (χ1v) is 8.93. The molecule has 0 fully saturated rings. The number of carbonyl (C=O) groups excluding carboxylic acids is 2. The monoisotopic (exact) mass is 402 g/mol. The molecule has 0 unspecified atom stereocenters. The van der Waals surface area contributed by atoms with Crippen LogP contribution in [0, 0.1) is 6.92 Å². The molecule has 2 aromatic carbocycles. The molecule has 138 valence electrons. The van der Waals surface area contributed by atoms with Crippen molar-refractivity contribution in [2.45, 2.75) is 20.0 Å². The summed E-state index contributed by atoms with van der Waals surface area (Å²) in [6.45, 7) is 3.29. The molecule has 0 spiro atoms. The molecule has 1 aromatic heterocycles. The summed E-state index contributed by atoms with van der Waals surface area (Å²) >= 11 is 11.8. The van der Waals surface area contributed by atoms with Crippen molar-refractivity contribution in [3.8, 4) is 0 Å². The van der Waals surface area contributed by atoms with Gasteiger partial charge in [-0.25, -0.2) is 4.79 Å². The van der Waals surface area contributed by atoms with Gasteiger partial charge >= 0.3 is 5.97 Å². The molecule has 5 nitrogen and oxygen atoms in total. The molecule has 1 N–H and O–H groups in total. The number of para-hydroxylation sites is 1. The molecule has 1 amide bonds. The fraction of sp³-hybridized carbons (Fsp3) is 0.150. The summed E-state index contributed by atoms with van der Waals surface area (Å²) in [5, 5.41) is 4.08. The highest BCUT2D eigenvalue weighted by atomic mass is 35.5. The van der Waals surface area contributed by atoms with Crippen LogP contribution in [0.4, 0.5) is 5.69 Å². The molecule has 0 bridgehead atoms. The Kier molecular flexibility index (Phi) is 5.63. The summed E-state index contributed by atoms with van der Waals surface area (Å²) < 4.78 is 5.35. The normalized spacial score (nSPS) is 11.9. The Balaban J connectivity index is 1.76. The second-order valence-electron chi connectivity index (χ2n) is 6.02. The van der Waals surface area contributed by atoms with Crippen LogP contribution < -0.4 is 5.32 Å². The number of rotatable bonds is 4. The van der Waals surface area contributed by atoms with Gasteiger partial charge < -0.3 is 10.1 Å². The van der Waals surface area contributed by atoms with E-state index in [1.807, 2.05) is 18.2 Å². The SMILES string of the molecule is Cc1cc(C(=O)O[C@H](C)C(=O)Nc2cc(Cl)cc(Cl)c2)c2ccccc2n1. The average molecular weight is 403 g/mol. The van der Waals surface area contributed by atoms with Crippen molar-refractivity contribution in [1.82, 2.24) is 4.98 Å². The Hall–Kier alpha value is -2.63. The maximum atomic E-state index is 12.6. The zero-order chi connectivity index (χ0) is 19.6. The second-order valence-corrected chi connectivity index (χ2v) is 6.90. The topological polar surface area (TPSA) is 68.3 Å². The van der Waals surface area contributed by atoms with Crippen molar-refractivity contribution < 1.29 is 14.3 Å². The maximum Gasteiger partial charge on any atom is 0.339 e.